The summed E-state index contributed by atoms with van der Waals surface area (Å²) in [5, 5.41) is 9.26. The van der Waals surface area contributed by atoms with Crippen molar-refractivity contribution in [3.8, 4) is 5.75 Å². The number of aromatic nitrogens is 2. The van der Waals surface area contributed by atoms with Crippen LogP contribution in [0.1, 0.15) is 43.4 Å². The monoisotopic (exact) mass is 582 g/mol. The van der Waals surface area contributed by atoms with E-state index in [4.69, 9.17) is 9.72 Å². The third-order valence-electron chi connectivity index (χ3n) is 7.99. The zero-order chi connectivity index (χ0) is 28.8. The normalized spacial score (nSPS) is 13.3. The van der Waals surface area contributed by atoms with Gasteiger partial charge in [0.1, 0.15) is 12.4 Å². The van der Waals surface area contributed by atoms with Gasteiger partial charge in [0.15, 0.2) is 0 Å². The number of aryl methyl sites for hydroxylation is 1. The van der Waals surface area contributed by atoms with Gasteiger partial charge in [-0.3, -0.25) is 4.98 Å². The number of hydrogen-bond acceptors (Lipinski definition) is 6. The fourth-order valence-corrected chi connectivity index (χ4v) is 7.22. The lowest BCUT2D eigenvalue weighted by molar-refractivity contribution is 0.317. The summed E-state index contributed by atoms with van der Waals surface area (Å²) in [5.74, 6) is 0.688. The van der Waals surface area contributed by atoms with Crippen LogP contribution in [0.4, 0.5) is 5.69 Å². The number of unbranched alkanes of at least 4 members (excludes halogenated alkanes) is 2. The second kappa shape index (κ2) is 13.0. The van der Waals surface area contributed by atoms with Gasteiger partial charge < -0.3 is 15.4 Å². The van der Waals surface area contributed by atoms with Gasteiger partial charge in [-0.1, -0.05) is 48.9 Å². The van der Waals surface area contributed by atoms with Crippen LogP contribution in [0.25, 0.3) is 21.8 Å². The molecule has 42 heavy (non-hydrogen) atoms. The van der Waals surface area contributed by atoms with Crippen molar-refractivity contribution in [1.29, 1.82) is 0 Å². The highest BCUT2D eigenvalue weighted by Gasteiger charge is 2.20. The maximum atomic E-state index is 13.1. The molecule has 0 saturated heterocycles. The maximum absolute atomic E-state index is 13.1. The average Bonchev–Trinajstić information content (AvgIpc) is 3.48. The number of nitrogens with zero attached hydrogens (tertiary/aromatic N) is 2. The third-order valence-corrected chi connectivity index (χ3v) is 9.70. The quantitative estimate of drug-likeness (QED) is 0.153. The van der Waals surface area contributed by atoms with E-state index in [1.807, 2.05) is 18.2 Å². The maximum Gasteiger partial charge on any atom is 0.268 e. The molecule has 0 amide bonds. The SMILES string of the molecule is O=S(=O)(c1ccccc1)n1ccc2c(OCCNCCCCCNc3c4c(nc5ccccc35)CCCC4)cccc21. The first-order valence-electron chi connectivity index (χ1n) is 15.0. The van der Waals surface area contributed by atoms with Crippen LogP contribution >= 0.6 is 0 Å². The van der Waals surface area contributed by atoms with Gasteiger partial charge in [-0.05, 0) is 87.0 Å². The number of benzene rings is 3. The van der Waals surface area contributed by atoms with Crippen LogP contribution in [-0.4, -0.2) is 43.6 Å². The predicted octanol–water partition coefficient (Wildman–Crippen LogP) is 6.56. The molecule has 1 aliphatic rings. The Labute approximate surface area is 248 Å². The fourth-order valence-electron chi connectivity index (χ4n) is 5.85. The van der Waals surface area contributed by atoms with Crippen molar-refractivity contribution in [3.05, 3.63) is 96.3 Å². The van der Waals surface area contributed by atoms with E-state index in [2.05, 4.69) is 34.9 Å². The predicted molar refractivity (Wildman–Crippen MR) is 170 cm³/mol. The molecular weight excluding hydrogens is 544 g/mol. The largest absolute Gasteiger partial charge is 0.492 e. The Morgan fingerprint density at radius 2 is 1.60 bits per heavy atom. The first kappa shape index (κ1) is 28.2. The van der Waals surface area contributed by atoms with Crippen LogP contribution in [0.5, 0.6) is 5.75 Å². The molecule has 0 bridgehead atoms. The number of pyridine rings is 1. The Morgan fingerprint density at radius 1 is 0.786 bits per heavy atom. The zero-order valence-electron chi connectivity index (χ0n) is 23.9. The van der Waals surface area contributed by atoms with Crippen LogP contribution in [0.15, 0.2) is 90.0 Å². The Kier molecular flexibility index (Phi) is 8.72. The number of ether oxygens (including phenoxy) is 1. The Balaban J connectivity index is 0.940. The van der Waals surface area contributed by atoms with Gasteiger partial charge >= 0.3 is 0 Å². The topological polar surface area (TPSA) is 85.2 Å². The molecule has 0 unspecified atom stereocenters. The molecule has 218 valence electrons. The lowest BCUT2D eigenvalue weighted by atomic mass is 9.92. The van der Waals surface area contributed by atoms with Crippen LogP contribution in [0.3, 0.4) is 0 Å². The molecule has 3 aromatic carbocycles. The molecule has 2 N–H and O–H groups in total. The summed E-state index contributed by atoms with van der Waals surface area (Å²) in [5.41, 5.74) is 5.71. The van der Waals surface area contributed by atoms with E-state index in [0.717, 1.165) is 62.6 Å². The Morgan fingerprint density at radius 3 is 2.50 bits per heavy atom. The molecule has 0 radical (unpaired) electrons. The van der Waals surface area contributed by atoms with E-state index in [-0.39, 0.29) is 4.90 Å². The molecule has 0 saturated carbocycles. The van der Waals surface area contributed by atoms with E-state index in [0.29, 0.717) is 17.9 Å². The summed E-state index contributed by atoms with van der Waals surface area (Å²) in [6, 6.07) is 24.3. The van der Waals surface area contributed by atoms with E-state index in [1.54, 1.807) is 42.6 Å². The average molecular weight is 583 g/mol. The van der Waals surface area contributed by atoms with Crippen LogP contribution < -0.4 is 15.4 Å². The summed E-state index contributed by atoms with van der Waals surface area (Å²) in [4.78, 5) is 5.20. The Hall–Kier alpha value is -3.88. The standard InChI is InChI=1S/C34H38N4O3S/c39-42(40,26-12-3-1-4-13-26)38-24-20-29-32(38)18-11-19-33(29)41-25-23-35-21-9-2-10-22-36-34-27-14-5-7-16-30(27)37-31-17-8-6-15-28(31)34/h1,3-5,7,11-14,16,18-20,24,35H,2,6,8-10,15,17,21-23,25H2,(H,36,37). The van der Waals surface area contributed by atoms with Crippen molar-refractivity contribution in [2.75, 3.05) is 31.6 Å². The highest BCUT2D eigenvalue weighted by atomic mass is 32.2. The lowest BCUT2D eigenvalue weighted by Crippen LogP contribution is -2.22. The Bertz CT molecular complexity index is 1770. The van der Waals surface area contributed by atoms with Crippen molar-refractivity contribution in [2.45, 2.75) is 49.8 Å². The molecule has 7 nitrogen and oxygen atoms in total. The molecule has 0 spiro atoms. The van der Waals surface area contributed by atoms with Gasteiger partial charge in [0.25, 0.3) is 10.0 Å². The van der Waals surface area contributed by atoms with E-state index in [1.165, 1.54) is 39.1 Å². The molecule has 0 aliphatic heterocycles. The summed E-state index contributed by atoms with van der Waals surface area (Å²) >= 11 is 0. The zero-order valence-corrected chi connectivity index (χ0v) is 24.7. The van der Waals surface area contributed by atoms with Gasteiger partial charge in [-0.25, -0.2) is 12.4 Å². The molecule has 0 atom stereocenters. The van der Waals surface area contributed by atoms with Crippen molar-refractivity contribution < 1.29 is 13.2 Å². The van der Waals surface area contributed by atoms with Gasteiger partial charge in [0.2, 0.25) is 0 Å². The number of hydrogen-bond donors (Lipinski definition) is 2. The van der Waals surface area contributed by atoms with Gasteiger partial charge in [-0.15, -0.1) is 0 Å². The summed E-state index contributed by atoms with van der Waals surface area (Å²) < 4.78 is 33.6. The highest BCUT2D eigenvalue weighted by molar-refractivity contribution is 7.90. The van der Waals surface area contributed by atoms with Gasteiger partial charge in [0, 0.05) is 41.4 Å². The molecule has 2 heterocycles. The summed E-state index contributed by atoms with van der Waals surface area (Å²) in [7, 11) is -3.67. The second-order valence-electron chi connectivity index (χ2n) is 10.8. The first-order chi connectivity index (χ1) is 20.6. The second-order valence-corrected chi connectivity index (χ2v) is 12.7. The number of para-hydroxylation sites is 1. The number of anilines is 1. The molecule has 0 fully saturated rings. The minimum Gasteiger partial charge on any atom is -0.492 e. The molecule has 1 aliphatic carbocycles. The van der Waals surface area contributed by atoms with Crippen molar-refractivity contribution in [3.63, 3.8) is 0 Å². The minimum atomic E-state index is -3.67. The van der Waals surface area contributed by atoms with Crippen LogP contribution in [-0.2, 0) is 22.9 Å². The summed E-state index contributed by atoms with van der Waals surface area (Å²) in [6.07, 6.45) is 9.65. The first-order valence-corrected chi connectivity index (χ1v) is 16.5. The van der Waals surface area contributed by atoms with Crippen molar-refractivity contribution in [1.82, 2.24) is 14.3 Å². The smallest absolute Gasteiger partial charge is 0.268 e. The summed E-state index contributed by atoms with van der Waals surface area (Å²) in [6.45, 7) is 3.14. The van der Waals surface area contributed by atoms with Crippen molar-refractivity contribution in [2.24, 2.45) is 0 Å². The van der Waals surface area contributed by atoms with Crippen LogP contribution in [0, 0.1) is 0 Å². The number of nitrogens with one attached hydrogen (secondary N) is 2. The van der Waals surface area contributed by atoms with Crippen molar-refractivity contribution >= 4 is 37.5 Å². The highest BCUT2D eigenvalue weighted by Crippen LogP contribution is 2.33. The van der Waals surface area contributed by atoms with E-state index < -0.39 is 10.0 Å². The number of fused-ring (bicyclic) bond motifs is 3. The minimum absolute atomic E-state index is 0.263. The third kappa shape index (κ3) is 6.01. The fraction of sp³-hybridized carbons (Fsp3) is 0.324. The van der Waals surface area contributed by atoms with Gasteiger partial charge in [0.05, 0.1) is 15.9 Å². The molecule has 8 heteroatoms. The van der Waals surface area contributed by atoms with E-state index in [9.17, 15) is 8.42 Å². The van der Waals surface area contributed by atoms with Gasteiger partial charge in [-0.2, -0.15) is 0 Å². The van der Waals surface area contributed by atoms with Crippen LogP contribution in [0.2, 0.25) is 0 Å². The lowest BCUT2D eigenvalue weighted by Gasteiger charge is -2.21. The molecule has 2 aromatic heterocycles. The molecular formula is C34H38N4O3S. The molecule has 5 aromatic rings. The molecule has 6 rings (SSSR count). The number of rotatable bonds is 13. The van der Waals surface area contributed by atoms with E-state index >= 15 is 0 Å².